The molecule has 1 atom stereocenters. The van der Waals surface area contributed by atoms with Crippen LogP contribution < -0.4 is 5.56 Å². The van der Waals surface area contributed by atoms with Crippen molar-refractivity contribution >= 4 is 27.5 Å². The number of carbonyl (C=O) groups excluding carboxylic acids is 1. The highest BCUT2D eigenvalue weighted by molar-refractivity contribution is 7.20. The Morgan fingerprint density at radius 1 is 1.54 bits per heavy atom. The van der Waals surface area contributed by atoms with Crippen molar-refractivity contribution in [2.24, 2.45) is 0 Å². The monoisotopic (exact) mass is 379 g/mol. The average molecular weight is 379 g/mol. The first kappa shape index (κ1) is 20.3. The second-order valence-corrected chi connectivity index (χ2v) is 7.94. The maximum Gasteiger partial charge on any atom is 0.348 e. The number of fused-ring (bicyclic) bond motifs is 1. The molecule has 0 unspecified atom stereocenters. The number of ether oxygens (including phenoxy) is 1. The molecule has 8 heteroatoms. The number of aromatic nitrogens is 2. The number of hydrogen-bond acceptors (Lipinski definition) is 7. The summed E-state index contributed by atoms with van der Waals surface area (Å²) in [6, 6.07) is 0. The van der Waals surface area contributed by atoms with Crippen molar-refractivity contribution < 1.29 is 14.6 Å². The highest BCUT2D eigenvalue weighted by Crippen LogP contribution is 2.28. The van der Waals surface area contributed by atoms with Gasteiger partial charge >= 0.3 is 5.97 Å². The molecule has 0 aliphatic carbocycles. The normalized spacial score (nSPS) is 14.0. The predicted molar refractivity (Wildman–Crippen MR) is 103 cm³/mol. The van der Waals surface area contributed by atoms with E-state index in [1.54, 1.807) is 27.7 Å². The minimum atomic E-state index is -1.04. The number of thiophene rings is 1. The predicted octanol–water partition coefficient (Wildman–Crippen LogP) is 2.23. The van der Waals surface area contributed by atoms with Gasteiger partial charge in [-0.3, -0.25) is 9.69 Å². The van der Waals surface area contributed by atoms with E-state index in [9.17, 15) is 14.7 Å². The third kappa shape index (κ3) is 4.57. The largest absolute Gasteiger partial charge is 0.459 e. The van der Waals surface area contributed by atoms with Gasteiger partial charge in [0.15, 0.2) is 0 Å². The fourth-order valence-electron chi connectivity index (χ4n) is 2.65. The standard InChI is InChI=1S/C18H25N3O4S/c1-7-18(5,24)9-21(6)8-12-19-15(22)13-11(4)14(26-16(13)20-12)17(23)25-10(2)3/h7,10,24H,1,8-9H2,2-6H3,(H,19,20,22)/t18-/m1/s1. The van der Waals surface area contributed by atoms with Crippen molar-refractivity contribution in [3.05, 3.63) is 39.3 Å². The van der Waals surface area contributed by atoms with Crippen LogP contribution in [-0.4, -0.2) is 51.2 Å². The highest BCUT2D eigenvalue weighted by Gasteiger charge is 2.22. The fraction of sp³-hybridized carbons (Fsp3) is 0.500. The molecule has 0 aliphatic heterocycles. The van der Waals surface area contributed by atoms with Gasteiger partial charge in [0.2, 0.25) is 0 Å². The number of aliphatic hydroxyl groups is 1. The Bertz CT molecular complexity index is 882. The molecule has 2 heterocycles. The summed E-state index contributed by atoms with van der Waals surface area (Å²) in [5, 5.41) is 10.5. The number of aromatic amines is 1. The lowest BCUT2D eigenvalue weighted by Gasteiger charge is -2.25. The lowest BCUT2D eigenvalue weighted by atomic mass is 10.1. The maximum atomic E-state index is 12.5. The number of esters is 1. The van der Waals surface area contributed by atoms with Crippen LogP contribution in [0, 0.1) is 6.92 Å². The summed E-state index contributed by atoms with van der Waals surface area (Å²) < 4.78 is 5.23. The molecular weight excluding hydrogens is 354 g/mol. The van der Waals surface area contributed by atoms with Gasteiger partial charge < -0.3 is 14.8 Å². The summed E-state index contributed by atoms with van der Waals surface area (Å²) in [6.45, 7) is 11.2. The van der Waals surface area contributed by atoms with E-state index >= 15 is 0 Å². The van der Waals surface area contributed by atoms with Crippen molar-refractivity contribution in [3.8, 4) is 0 Å². The molecular formula is C18H25N3O4S. The minimum Gasteiger partial charge on any atom is -0.459 e. The van der Waals surface area contributed by atoms with Crippen molar-refractivity contribution in [3.63, 3.8) is 0 Å². The van der Waals surface area contributed by atoms with Gasteiger partial charge in [0.1, 0.15) is 15.5 Å². The Balaban J connectivity index is 2.34. The first-order valence-corrected chi connectivity index (χ1v) is 9.13. The van der Waals surface area contributed by atoms with Gasteiger partial charge in [0.25, 0.3) is 5.56 Å². The summed E-state index contributed by atoms with van der Waals surface area (Å²) in [5.41, 5.74) is -0.739. The number of nitrogens with one attached hydrogen (secondary N) is 1. The fourth-order valence-corrected chi connectivity index (χ4v) is 3.73. The SMILES string of the molecule is C=C[C@@](C)(O)CN(C)Cc1nc2sc(C(=O)OC(C)C)c(C)c2c(=O)[nH]1. The van der Waals surface area contributed by atoms with Crippen LogP contribution in [0.25, 0.3) is 10.2 Å². The molecule has 0 fully saturated rings. The average Bonchev–Trinajstić information content (AvgIpc) is 2.83. The zero-order valence-corrected chi connectivity index (χ0v) is 16.6. The van der Waals surface area contributed by atoms with E-state index in [0.717, 1.165) is 11.3 Å². The molecule has 2 N–H and O–H groups in total. The number of rotatable bonds is 7. The van der Waals surface area contributed by atoms with Crippen LogP contribution in [0.15, 0.2) is 17.4 Å². The Hall–Kier alpha value is -2.03. The van der Waals surface area contributed by atoms with Gasteiger partial charge in [-0.05, 0) is 40.3 Å². The second kappa shape index (κ2) is 7.69. The molecule has 2 rings (SSSR count). The number of carbonyl (C=O) groups is 1. The van der Waals surface area contributed by atoms with Gasteiger partial charge in [0, 0.05) is 6.54 Å². The number of likely N-dealkylation sites (N-methyl/N-ethyl adjacent to an activating group) is 1. The summed E-state index contributed by atoms with van der Waals surface area (Å²) in [6.07, 6.45) is 1.23. The molecule has 0 aromatic carbocycles. The van der Waals surface area contributed by atoms with E-state index in [2.05, 4.69) is 16.5 Å². The summed E-state index contributed by atoms with van der Waals surface area (Å²) >= 11 is 1.16. The summed E-state index contributed by atoms with van der Waals surface area (Å²) in [5.74, 6) is 0.0236. The molecule has 0 saturated heterocycles. The minimum absolute atomic E-state index is 0.236. The summed E-state index contributed by atoms with van der Waals surface area (Å²) in [7, 11) is 1.81. The Morgan fingerprint density at radius 2 is 2.19 bits per heavy atom. The van der Waals surface area contributed by atoms with Crippen molar-refractivity contribution in [2.45, 2.75) is 45.9 Å². The Labute approximate surface area is 156 Å². The quantitative estimate of drug-likeness (QED) is 0.566. The van der Waals surface area contributed by atoms with Gasteiger partial charge in [-0.2, -0.15) is 0 Å². The summed E-state index contributed by atoms with van der Waals surface area (Å²) in [4.78, 5) is 34.7. The van der Waals surface area contributed by atoms with Crippen LogP contribution in [0.4, 0.5) is 0 Å². The Kier molecular flexibility index (Phi) is 6.00. The number of hydrogen-bond donors (Lipinski definition) is 2. The smallest absolute Gasteiger partial charge is 0.348 e. The second-order valence-electron chi connectivity index (χ2n) is 6.94. The van der Waals surface area contributed by atoms with Gasteiger partial charge in [0.05, 0.1) is 23.6 Å². The van der Waals surface area contributed by atoms with Gasteiger partial charge in [-0.15, -0.1) is 17.9 Å². The molecule has 7 nitrogen and oxygen atoms in total. The van der Waals surface area contributed by atoms with E-state index in [-0.39, 0.29) is 11.7 Å². The number of aryl methyl sites for hydroxylation is 1. The third-order valence-corrected chi connectivity index (χ3v) is 4.99. The van der Waals surface area contributed by atoms with Gasteiger partial charge in [-0.1, -0.05) is 6.08 Å². The molecule has 0 amide bonds. The van der Waals surface area contributed by atoms with Crippen molar-refractivity contribution in [1.29, 1.82) is 0 Å². The molecule has 0 aliphatic rings. The number of nitrogens with zero attached hydrogens (tertiary/aromatic N) is 2. The first-order valence-electron chi connectivity index (χ1n) is 8.32. The Morgan fingerprint density at radius 3 is 2.77 bits per heavy atom. The molecule has 0 bridgehead atoms. The van der Waals surface area contributed by atoms with Crippen LogP contribution in [0.1, 0.15) is 41.8 Å². The lowest BCUT2D eigenvalue weighted by Crippen LogP contribution is -2.37. The van der Waals surface area contributed by atoms with Crippen molar-refractivity contribution in [2.75, 3.05) is 13.6 Å². The van der Waals surface area contributed by atoms with E-state index in [1.807, 2.05) is 11.9 Å². The lowest BCUT2D eigenvalue weighted by molar-refractivity contribution is 0.0383. The highest BCUT2D eigenvalue weighted by atomic mass is 32.1. The van der Waals surface area contributed by atoms with E-state index in [0.29, 0.717) is 39.6 Å². The van der Waals surface area contributed by atoms with E-state index in [1.165, 1.54) is 6.08 Å². The van der Waals surface area contributed by atoms with Crippen LogP contribution in [-0.2, 0) is 11.3 Å². The van der Waals surface area contributed by atoms with Crippen LogP contribution >= 0.6 is 11.3 Å². The first-order chi connectivity index (χ1) is 12.0. The zero-order valence-electron chi connectivity index (χ0n) is 15.8. The molecule has 2 aromatic heterocycles. The van der Waals surface area contributed by atoms with Gasteiger partial charge in [-0.25, -0.2) is 9.78 Å². The topological polar surface area (TPSA) is 95.5 Å². The zero-order chi connectivity index (χ0) is 19.6. The van der Waals surface area contributed by atoms with Crippen molar-refractivity contribution in [1.82, 2.24) is 14.9 Å². The van der Waals surface area contributed by atoms with E-state index < -0.39 is 11.6 Å². The van der Waals surface area contributed by atoms with Crippen LogP contribution in [0.2, 0.25) is 0 Å². The molecule has 0 saturated carbocycles. The molecule has 0 radical (unpaired) electrons. The molecule has 2 aromatic rings. The van der Waals surface area contributed by atoms with Crippen LogP contribution in [0.5, 0.6) is 0 Å². The van der Waals surface area contributed by atoms with Crippen LogP contribution in [0.3, 0.4) is 0 Å². The van der Waals surface area contributed by atoms with E-state index in [4.69, 9.17) is 4.74 Å². The molecule has 0 spiro atoms. The molecule has 26 heavy (non-hydrogen) atoms. The maximum absolute atomic E-state index is 12.5. The third-order valence-electron chi connectivity index (χ3n) is 3.83. The molecule has 142 valence electrons. The number of H-pyrrole nitrogens is 1.